The molecule has 0 heterocycles. The van der Waals surface area contributed by atoms with E-state index in [1.54, 1.807) is 0 Å². The number of benzene rings is 1. The number of nitrogens with zero attached hydrogens (tertiary/aromatic N) is 1. The number of halogens is 4. The summed E-state index contributed by atoms with van der Waals surface area (Å²) in [7, 11) is 0. The molecule has 0 aromatic heterocycles. The van der Waals surface area contributed by atoms with Crippen LogP contribution < -0.4 is 4.74 Å². The van der Waals surface area contributed by atoms with Gasteiger partial charge >= 0.3 is 12.3 Å². The maximum atomic E-state index is 12.4. The van der Waals surface area contributed by atoms with Gasteiger partial charge in [0.15, 0.2) is 5.75 Å². The monoisotopic (exact) mass is 307 g/mol. The van der Waals surface area contributed by atoms with E-state index in [1.807, 2.05) is 0 Å². The fourth-order valence-corrected chi connectivity index (χ4v) is 1.69. The maximum Gasteiger partial charge on any atom is 0.573 e. The summed E-state index contributed by atoms with van der Waals surface area (Å²) in [6.07, 6.45) is -5.04. The maximum absolute atomic E-state index is 12.4. The normalized spacial score (nSPS) is 10.8. The van der Waals surface area contributed by atoms with Crippen LogP contribution in [0.2, 0.25) is 0 Å². The predicted molar refractivity (Wildman–Crippen MR) is 63.4 cm³/mol. The molecule has 0 atom stereocenters. The van der Waals surface area contributed by atoms with Gasteiger partial charge in [0.25, 0.3) is 0 Å². The minimum Gasteiger partial charge on any atom is -0.462 e. The van der Waals surface area contributed by atoms with Crippen LogP contribution in [0, 0.1) is 11.3 Å². The smallest absolute Gasteiger partial charge is 0.462 e. The molecule has 4 nitrogen and oxygen atoms in total. The molecule has 0 amide bonds. The van der Waals surface area contributed by atoms with E-state index in [2.05, 4.69) is 9.47 Å². The SMILES string of the molecule is CCOC(=O)c1c(CCl)ccc(C#N)c1OC(F)(F)F. The van der Waals surface area contributed by atoms with Crippen LogP contribution in [0.15, 0.2) is 12.1 Å². The van der Waals surface area contributed by atoms with Crippen molar-refractivity contribution in [3.05, 3.63) is 28.8 Å². The van der Waals surface area contributed by atoms with Crippen LogP contribution in [-0.4, -0.2) is 18.9 Å². The first-order valence-electron chi connectivity index (χ1n) is 5.38. The number of carbonyl (C=O) groups is 1. The molecule has 0 unspecified atom stereocenters. The lowest BCUT2D eigenvalue weighted by Crippen LogP contribution is -2.21. The zero-order chi connectivity index (χ0) is 15.3. The summed E-state index contributed by atoms with van der Waals surface area (Å²) in [6, 6.07) is 3.91. The van der Waals surface area contributed by atoms with E-state index in [-0.39, 0.29) is 18.1 Å². The zero-order valence-electron chi connectivity index (χ0n) is 10.3. The summed E-state index contributed by atoms with van der Waals surface area (Å²) < 4.78 is 45.7. The van der Waals surface area contributed by atoms with Gasteiger partial charge in [0.1, 0.15) is 11.6 Å². The van der Waals surface area contributed by atoms with Crippen LogP contribution >= 0.6 is 11.6 Å². The molecule has 108 valence electrons. The largest absolute Gasteiger partial charge is 0.573 e. The Labute approximate surface area is 117 Å². The predicted octanol–water partition coefficient (Wildman–Crippen LogP) is 3.37. The summed E-state index contributed by atoms with van der Waals surface area (Å²) in [5, 5.41) is 8.83. The first-order chi connectivity index (χ1) is 9.34. The van der Waals surface area contributed by atoms with E-state index in [1.165, 1.54) is 19.1 Å². The lowest BCUT2D eigenvalue weighted by molar-refractivity contribution is -0.274. The number of alkyl halides is 4. The minimum absolute atomic E-state index is 0.0389. The second-order valence-corrected chi connectivity index (χ2v) is 3.76. The van der Waals surface area contributed by atoms with Crippen LogP contribution in [0.1, 0.15) is 28.4 Å². The van der Waals surface area contributed by atoms with E-state index < -0.39 is 29.2 Å². The highest BCUT2D eigenvalue weighted by Gasteiger charge is 2.35. The molecular weight excluding hydrogens is 299 g/mol. The third-order valence-electron chi connectivity index (χ3n) is 2.21. The number of esters is 1. The lowest BCUT2D eigenvalue weighted by atomic mass is 10.0. The Balaban J connectivity index is 3.49. The minimum atomic E-state index is -5.04. The molecule has 1 aromatic carbocycles. The van der Waals surface area contributed by atoms with Crippen molar-refractivity contribution in [1.29, 1.82) is 5.26 Å². The van der Waals surface area contributed by atoms with Gasteiger partial charge in [0, 0.05) is 5.88 Å². The number of hydrogen-bond donors (Lipinski definition) is 0. The lowest BCUT2D eigenvalue weighted by Gasteiger charge is -2.16. The van der Waals surface area contributed by atoms with Gasteiger partial charge in [-0.05, 0) is 18.6 Å². The van der Waals surface area contributed by atoms with Crippen molar-refractivity contribution in [2.45, 2.75) is 19.2 Å². The third kappa shape index (κ3) is 3.78. The van der Waals surface area contributed by atoms with E-state index in [4.69, 9.17) is 16.9 Å². The molecule has 0 N–H and O–H groups in total. The topological polar surface area (TPSA) is 59.3 Å². The van der Waals surface area contributed by atoms with Gasteiger partial charge in [0.05, 0.1) is 12.2 Å². The Kier molecular flexibility index (Phi) is 5.22. The molecule has 0 saturated heterocycles. The number of hydrogen-bond acceptors (Lipinski definition) is 4. The fourth-order valence-electron chi connectivity index (χ4n) is 1.47. The summed E-state index contributed by atoms with van der Waals surface area (Å²) in [5.74, 6) is -2.15. The number of rotatable bonds is 4. The quantitative estimate of drug-likeness (QED) is 0.632. The molecule has 0 aliphatic carbocycles. The average Bonchev–Trinajstić information content (AvgIpc) is 2.36. The molecule has 0 fully saturated rings. The van der Waals surface area contributed by atoms with Crippen molar-refractivity contribution in [1.82, 2.24) is 0 Å². The molecule has 0 aliphatic heterocycles. The summed E-state index contributed by atoms with van der Waals surface area (Å²) in [5.41, 5.74) is -0.833. The Morgan fingerprint density at radius 2 is 2.10 bits per heavy atom. The molecule has 0 bridgehead atoms. The summed E-state index contributed by atoms with van der Waals surface area (Å²) >= 11 is 5.59. The van der Waals surface area contributed by atoms with Crippen molar-refractivity contribution in [2.75, 3.05) is 6.61 Å². The number of nitriles is 1. The zero-order valence-corrected chi connectivity index (χ0v) is 11.0. The van der Waals surface area contributed by atoms with Gasteiger partial charge in [-0.1, -0.05) is 6.07 Å². The van der Waals surface area contributed by atoms with Crippen LogP contribution in [0.25, 0.3) is 0 Å². The van der Waals surface area contributed by atoms with Crippen molar-refractivity contribution in [3.8, 4) is 11.8 Å². The Morgan fingerprint density at radius 3 is 2.55 bits per heavy atom. The Hall–Kier alpha value is -1.94. The van der Waals surface area contributed by atoms with E-state index in [0.717, 1.165) is 6.07 Å². The van der Waals surface area contributed by atoms with Gasteiger partial charge in [0.2, 0.25) is 0 Å². The molecule has 0 radical (unpaired) electrons. The van der Waals surface area contributed by atoms with E-state index >= 15 is 0 Å². The van der Waals surface area contributed by atoms with Gasteiger partial charge in [-0.2, -0.15) is 5.26 Å². The average molecular weight is 308 g/mol. The molecule has 1 aromatic rings. The summed E-state index contributed by atoms with van der Waals surface area (Å²) in [6.45, 7) is 1.46. The number of ether oxygens (including phenoxy) is 2. The van der Waals surface area contributed by atoms with Crippen LogP contribution in [-0.2, 0) is 10.6 Å². The van der Waals surface area contributed by atoms with Crippen LogP contribution in [0.3, 0.4) is 0 Å². The first kappa shape index (κ1) is 16.1. The molecule has 1 rings (SSSR count). The van der Waals surface area contributed by atoms with Crippen molar-refractivity contribution >= 4 is 17.6 Å². The standard InChI is InChI=1S/C12H9ClF3NO3/c1-2-19-11(18)9-7(5-13)3-4-8(6-17)10(9)20-12(14,15)16/h3-4H,2,5H2,1H3. The van der Waals surface area contributed by atoms with Crippen LogP contribution in [0.4, 0.5) is 13.2 Å². The molecular formula is C12H9ClF3NO3. The Morgan fingerprint density at radius 1 is 1.45 bits per heavy atom. The first-order valence-corrected chi connectivity index (χ1v) is 5.92. The van der Waals surface area contributed by atoms with Crippen molar-refractivity contribution < 1.29 is 27.4 Å². The van der Waals surface area contributed by atoms with Gasteiger partial charge in [-0.25, -0.2) is 4.79 Å². The third-order valence-corrected chi connectivity index (χ3v) is 2.49. The van der Waals surface area contributed by atoms with Crippen molar-refractivity contribution in [2.24, 2.45) is 0 Å². The van der Waals surface area contributed by atoms with Crippen molar-refractivity contribution in [3.63, 3.8) is 0 Å². The van der Waals surface area contributed by atoms with E-state index in [0.29, 0.717) is 0 Å². The number of carbonyl (C=O) groups excluding carboxylic acids is 1. The van der Waals surface area contributed by atoms with Crippen LogP contribution in [0.5, 0.6) is 5.75 Å². The second kappa shape index (κ2) is 6.48. The highest BCUT2D eigenvalue weighted by molar-refractivity contribution is 6.17. The Bertz CT molecular complexity index is 552. The molecule has 0 spiro atoms. The van der Waals surface area contributed by atoms with Gasteiger partial charge in [-0.3, -0.25) is 0 Å². The highest BCUT2D eigenvalue weighted by Crippen LogP contribution is 2.33. The van der Waals surface area contributed by atoms with Gasteiger partial charge in [-0.15, -0.1) is 24.8 Å². The summed E-state index contributed by atoms with van der Waals surface area (Å²) in [4.78, 5) is 11.8. The molecule has 0 saturated carbocycles. The molecule has 8 heteroatoms. The fraction of sp³-hybridized carbons (Fsp3) is 0.333. The second-order valence-electron chi connectivity index (χ2n) is 3.49. The molecule has 0 aliphatic rings. The van der Waals surface area contributed by atoms with E-state index in [9.17, 15) is 18.0 Å². The van der Waals surface area contributed by atoms with Gasteiger partial charge < -0.3 is 9.47 Å². The molecule has 20 heavy (non-hydrogen) atoms. The highest BCUT2D eigenvalue weighted by atomic mass is 35.5.